The standard InChI is InChI=1S/C20H21N5O3/c21-14-2-3-16-15(10-14)19(24-20(23-16)25-5-7-26-8-6-25)22-11-13-1-4-17-18(9-13)28-12-27-17/h1-4,9-10H,5-8,11-12,21H2,(H,22,23,24). The Labute approximate surface area is 162 Å². The predicted octanol–water partition coefficient (Wildman–Crippen LogP) is 2.39. The average molecular weight is 379 g/mol. The molecule has 2 aliphatic heterocycles. The van der Waals surface area contributed by atoms with Gasteiger partial charge in [-0.25, -0.2) is 4.98 Å². The Hall–Kier alpha value is -3.26. The van der Waals surface area contributed by atoms with Gasteiger partial charge in [-0.15, -0.1) is 0 Å². The number of ether oxygens (including phenoxy) is 3. The van der Waals surface area contributed by atoms with Crippen molar-refractivity contribution in [3.63, 3.8) is 0 Å². The molecule has 1 saturated heterocycles. The number of benzene rings is 2. The molecule has 8 heteroatoms. The number of anilines is 3. The highest BCUT2D eigenvalue weighted by molar-refractivity contribution is 5.92. The molecule has 0 amide bonds. The fourth-order valence-corrected chi connectivity index (χ4v) is 3.41. The molecule has 144 valence electrons. The van der Waals surface area contributed by atoms with Crippen LogP contribution >= 0.6 is 0 Å². The van der Waals surface area contributed by atoms with Gasteiger partial charge in [0.2, 0.25) is 12.7 Å². The number of nitrogens with one attached hydrogen (secondary N) is 1. The summed E-state index contributed by atoms with van der Waals surface area (Å²) in [6.45, 7) is 3.79. The average Bonchev–Trinajstić information content (AvgIpc) is 3.20. The maximum atomic E-state index is 6.00. The molecule has 3 heterocycles. The lowest BCUT2D eigenvalue weighted by atomic mass is 10.2. The van der Waals surface area contributed by atoms with Crippen LogP contribution in [0.4, 0.5) is 17.5 Å². The van der Waals surface area contributed by atoms with E-state index in [1.807, 2.05) is 36.4 Å². The number of hydrogen-bond donors (Lipinski definition) is 2. The van der Waals surface area contributed by atoms with Crippen molar-refractivity contribution >= 4 is 28.4 Å². The number of nitrogens with zero attached hydrogens (tertiary/aromatic N) is 3. The van der Waals surface area contributed by atoms with Crippen molar-refractivity contribution in [2.24, 2.45) is 0 Å². The molecule has 2 aliphatic rings. The molecule has 0 unspecified atom stereocenters. The normalized spacial score (nSPS) is 15.8. The first-order valence-electron chi connectivity index (χ1n) is 9.29. The molecule has 0 radical (unpaired) electrons. The van der Waals surface area contributed by atoms with E-state index < -0.39 is 0 Å². The summed E-state index contributed by atoms with van der Waals surface area (Å²) in [5.74, 6) is 3.01. The lowest BCUT2D eigenvalue weighted by molar-refractivity contribution is 0.122. The van der Waals surface area contributed by atoms with Gasteiger partial charge in [0.1, 0.15) is 5.82 Å². The van der Waals surface area contributed by atoms with Crippen LogP contribution < -0.4 is 25.4 Å². The molecule has 28 heavy (non-hydrogen) atoms. The summed E-state index contributed by atoms with van der Waals surface area (Å²) in [5, 5.41) is 4.34. The van der Waals surface area contributed by atoms with Gasteiger partial charge in [0, 0.05) is 30.7 Å². The van der Waals surface area contributed by atoms with Crippen LogP contribution in [-0.2, 0) is 11.3 Å². The van der Waals surface area contributed by atoms with Crippen molar-refractivity contribution in [2.45, 2.75) is 6.54 Å². The van der Waals surface area contributed by atoms with Crippen LogP contribution in [0.25, 0.3) is 10.9 Å². The van der Waals surface area contributed by atoms with Crippen LogP contribution in [0.5, 0.6) is 11.5 Å². The van der Waals surface area contributed by atoms with Crippen LogP contribution in [0, 0.1) is 0 Å². The van der Waals surface area contributed by atoms with Gasteiger partial charge in [0.25, 0.3) is 0 Å². The van der Waals surface area contributed by atoms with Gasteiger partial charge < -0.3 is 30.2 Å². The van der Waals surface area contributed by atoms with Crippen LogP contribution in [-0.4, -0.2) is 43.1 Å². The van der Waals surface area contributed by atoms with E-state index >= 15 is 0 Å². The SMILES string of the molecule is Nc1ccc2nc(N3CCOCC3)nc(NCc3ccc4c(c3)OCO4)c2c1. The lowest BCUT2D eigenvalue weighted by Crippen LogP contribution is -2.37. The van der Waals surface area contributed by atoms with Gasteiger partial charge >= 0.3 is 0 Å². The molecule has 3 aromatic rings. The minimum absolute atomic E-state index is 0.269. The van der Waals surface area contributed by atoms with Crippen molar-refractivity contribution < 1.29 is 14.2 Å². The Balaban J connectivity index is 1.46. The van der Waals surface area contributed by atoms with Crippen LogP contribution in [0.1, 0.15) is 5.56 Å². The highest BCUT2D eigenvalue weighted by Crippen LogP contribution is 2.33. The van der Waals surface area contributed by atoms with Gasteiger partial charge in [-0.3, -0.25) is 0 Å². The van der Waals surface area contributed by atoms with Crippen LogP contribution in [0.2, 0.25) is 0 Å². The first-order valence-corrected chi connectivity index (χ1v) is 9.29. The van der Waals surface area contributed by atoms with Gasteiger partial charge in [-0.05, 0) is 35.9 Å². The number of hydrogen-bond acceptors (Lipinski definition) is 8. The van der Waals surface area contributed by atoms with Crippen molar-refractivity contribution in [1.29, 1.82) is 0 Å². The second kappa shape index (κ2) is 7.05. The Morgan fingerprint density at radius 1 is 1.00 bits per heavy atom. The quantitative estimate of drug-likeness (QED) is 0.668. The minimum Gasteiger partial charge on any atom is -0.454 e. The van der Waals surface area contributed by atoms with Crippen molar-refractivity contribution in [1.82, 2.24) is 9.97 Å². The number of fused-ring (bicyclic) bond motifs is 2. The second-order valence-corrected chi connectivity index (χ2v) is 6.79. The van der Waals surface area contributed by atoms with Crippen molar-refractivity contribution in [2.75, 3.05) is 49.0 Å². The monoisotopic (exact) mass is 379 g/mol. The molecule has 3 N–H and O–H groups in total. The molecule has 0 atom stereocenters. The Morgan fingerprint density at radius 2 is 1.86 bits per heavy atom. The van der Waals surface area contributed by atoms with Crippen molar-refractivity contribution in [3.8, 4) is 11.5 Å². The van der Waals surface area contributed by atoms with E-state index in [2.05, 4.69) is 10.2 Å². The molecule has 2 aromatic carbocycles. The van der Waals surface area contributed by atoms with Gasteiger partial charge in [0.15, 0.2) is 11.5 Å². The number of aromatic nitrogens is 2. The fraction of sp³-hybridized carbons (Fsp3) is 0.300. The topological polar surface area (TPSA) is 94.8 Å². The summed E-state index contributed by atoms with van der Waals surface area (Å²) >= 11 is 0. The van der Waals surface area contributed by atoms with E-state index in [9.17, 15) is 0 Å². The number of rotatable bonds is 4. The van der Waals surface area contributed by atoms with Crippen LogP contribution in [0.3, 0.4) is 0 Å². The molecule has 1 fully saturated rings. The molecule has 0 saturated carbocycles. The largest absolute Gasteiger partial charge is 0.454 e. The maximum Gasteiger partial charge on any atom is 0.231 e. The summed E-state index contributed by atoms with van der Waals surface area (Å²) in [6, 6.07) is 11.6. The fourth-order valence-electron chi connectivity index (χ4n) is 3.41. The zero-order valence-corrected chi connectivity index (χ0v) is 15.4. The Bertz CT molecular complexity index is 1020. The zero-order chi connectivity index (χ0) is 18.9. The summed E-state index contributed by atoms with van der Waals surface area (Å²) in [7, 11) is 0. The second-order valence-electron chi connectivity index (χ2n) is 6.79. The van der Waals surface area contributed by atoms with E-state index in [0.29, 0.717) is 31.4 Å². The molecule has 0 aliphatic carbocycles. The molecule has 0 spiro atoms. The summed E-state index contributed by atoms with van der Waals surface area (Å²) in [5.41, 5.74) is 8.62. The maximum absolute atomic E-state index is 6.00. The Kier molecular flexibility index (Phi) is 4.25. The minimum atomic E-state index is 0.269. The van der Waals surface area contributed by atoms with E-state index in [1.165, 1.54) is 0 Å². The zero-order valence-electron chi connectivity index (χ0n) is 15.4. The lowest BCUT2D eigenvalue weighted by Gasteiger charge is -2.27. The molecule has 5 rings (SSSR count). The molecule has 8 nitrogen and oxygen atoms in total. The molecular formula is C20H21N5O3. The number of nitrogen functional groups attached to an aromatic ring is 1. The van der Waals surface area contributed by atoms with Gasteiger partial charge in [0.05, 0.1) is 18.7 Å². The van der Waals surface area contributed by atoms with Gasteiger partial charge in [-0.2, -0.15) is 4.98 Å². The number of morpholine rings is 1. The summed E-state index contributed by atoms with van der Waals surface area (Å²) in [4.78, 5) is 11.7. The van der Waals surface area contributed by atoms with Gasteiger partial charge in [-0.1, -0.05) is 6.07 Å². The van der Waals surface area contributed by atoms with E-state index in [-0.39, 0.29) is 6.79 Å². The molecule has 0 bridgehead atoms. The molecule has 1 aromatic heterocycles. The van der Waals surface area contributed by atoms with E-state index in [0.717, 1.165) is 46.9 Å². The first-order chi connectivity index (χ1) is 13.8. The van der Waals surface area contributed by atoms with E-state index in [4.69, 9.17) is 29.9 Å². The molecular weight excluding hydrogens is 358 g/mol. The summed E-state index contributed by atoms with van der Waals surface area (Å²) < 4.78 is 16.3. The number of nitrogens with two attached hydrogens (primary N) is 1. The van der Waals surface area contributed by atoms with Crippen LogP contribution in [0.15, 0.2) is 36.4 Å². The third-order valence-corrected chi connectivity index (χ3v) is 4.90. The predicted molar refractivity (Wildman–Crippen MR) is 107 cm³/mol. The van der Waals surface area contributed by atoms with E-state index in [1.54, 1.807) is 0 Å². The first kappa shape index (κ1) is 16.9. The third kappa shape index (κ3) is 3.22. The smallest absolute Gasteiger partial charge is 0.231 e. The van der Waals surface area contributed by atoms with Crippen molar-refractivity contribution in [3.05, 3.63) is 42.0 Å². The highest BCUT2D eigenvalue weighted by Gasteiger charge is 2.17. The highest BCUT2D eigenvalue weighted by atomic mass is 16.7. The summed E-state index contributed by atoms with van der Waals surface area (Å²) in [6.07, 6.45) is 0. The third-order valence-electron chi connectivity index (χ3n) is 4.90. The Morgan fingerprint density at radius 3 is 2.75 bits per heavy atom.